The number of fused-ring (bicyclic) bond motifs is 2. The van der Waals surface area contributed by atoms with E-state index in [4.69, 9.17) is 4.74 Å². The van der Waals surface area contributed by atoms with Crippen molar-refractivity contribution in [2.45, 2.75) is 13.0 Å². The fourth-order valence-electron chi connectivity index (χ4n) is 3.60. The first-order chi connectivity index (χ1) is 13.6. The summed E-state index contributed by atoms with van der Waals surface area (Å²) in [7, 11) is 0. The molecule has 0 saturated carbocycles. The molecule has 3 heterocycles. The van der Waals surface area contributed by atoms with Gasteiger partial charge < -0.3 is 14.2 Å². The Morgan fingerprint density at radius 1 is 1.04 bits per heavy atom. The van der Waals surface area contributed by atoms with Gasteiger partial charge in [-0.25, -0.2) is 13.8 Å². The summed E-state index contributed by atoms with van der Waals surface area (Å²) in [4.78, 5) is 4.64. The minimum absolute atomic E-state index is 0.234. The Morgan fingerprint density at radius 2 is 1.89 bits per heavy atom. The van der Waals surface area contributed by atoms with Gasteiger partial charge in [-0.15, -0.1) is 0 Å². The highest BCUT2D eigenvalue weighted by atomic mass is 19.1. The molecule has 0 amide bonds. The first-order valence-electron chi connectivity index (χ1n) is 8.97. The summed E-state index contributed by atoms with van der Waals surface area (Å²) in [5.41, 5.74) is 4.17. The third-order valence-electron chi connectivity index (χ3n) is 5.09. The highest BCUT2D eigenvalue weighted by Gasteiger charge is 2.16. The summed E-state index contributed by atoms with van der Waals surface area (Å²) >= 11 is 0. The zero-order valence-electron chi connectivity index (χ0n) is 14.8. The van der Waals surface area contributed by atoms with Gasteiger partial charge in [0.15, 0.2) is 0 Å². The zero-order valence-corrected chi connectivity index (χ0v) is 14.8. The first kappa shape index (κ1) is 16.9. The van der Waals surface area contributed by atoms with E-state index in [0.29, 0.717) is 12.2 Å². The molecule has 4 aromatic rings. The lowest BCUT2D eigenvalue weighted by Crippen LogP contribution is -1.98. The van der Waals surface area contributed by atoms with Crippen LogP contribution in [0.1, 0.15) is 11.1 Å². The fourth-order valence-corrected chi connectivity index (χ4v) is 3.60. The molecule has 0 saturated heterocycles. The molecule has 140 valence electrons. The molecule has 0 radical (unpaired) electrons. The van der Waals surface area contributed by atoms with E-state index in [0.717, 1.165) is 29.1 Å². The Morgan fingerprint density at radius 3 is 2.75 bits per heavy atom. The van der Waals surface area contributed by atoms with Crippen LogP contribution in [0.5, 0.6) is 5.75 Å². The second-order valence-corrected chi connectivity index (χ2v) is 6.78. The molecule has 0 bridgehead atoms. The van der Waals surface area contributed by atoms with Crippen molar-refractivity contribution in [1.29, 1.82) is 0 Å². The van der Waals surface area contributed by atoms with E-state index in [2.05, 4.69) is 11.1 Å². The number of ether oxygens (including phenoxy) is 1. The molecule has 5 rings (SSSR count). The van der Waals surface area contributed by atoms with E-state index in [-0.39, 0.29) is 11.1 Å². The molecule has 0 fully saturated rings. The summed E-state index contributed by atoms with van der Waals surface area (Å²) in [6.07, 6.45) is 4.52. The van der Waals surface area contributed by atoms with Crippen LogP contribution in [0.4, 0.5) is 8.78 Å². The number of halogens is 2. The van der Waals surface area contributed by atoms with Crippen LogP contribution >= 0.6 is 0 Å². The lowest BCUT2D eigenvalue weighted by atomic mass is 10.0. The molecule has 28 heavy (non-hydrogen) atoms. The minimum Gasteiger partial charge on any atom is -0.493 e. The molecular formula is C22H16F2N2O2. The zero-order chi connectivity index (χ0) is 19.3. The van der Waals surface area contributed by atoms with E-state index in [1.54, 1.807) is 18.3 Å². The van der Waals surface area contributed by atoms with Crippen LogP contribution in [0.3, 0.4) is 0 Å². The molecule has 0 unspecified atom stereocenters. The average molecular weight is 378 g/mol. The maximum absolute atomic E-state index is 14.6. The van der Waals surface area contributed by atoms with Crippen molar-refractivity contribution in [1.82, 2.24) is 9.38 Å². The Kier molecular flexibility index (Phi) is 3.87. The normalized spacial score (nSPS) is 13.0. The predicted octanol–water partition coefficient (Wildman–Crippen LogP) is 4.37. The van der Waals surface area contributed by atoms with E-state index >= 15 is 0 Å². The fraction of sp³-hybridized carbons (Fsp3) is 0.136. The summed E-state index contributed by atoms with van der Waals surface area (Å²) in [5.74, 6) is -0.586. The van der Waals surface area contributed by atoms with Crippen LogP contribution in [0.25, 0.3) is 28.0 Å². The van der Waals surface area contributed by atoms with Crippen LogP contribution in [0.15, 0.2) is 54.9 Å². The average Bonchev–Trinajstić information content (AvgIpc) is 3.34. The highest BCUT2D eigenvalue weighted by molar-refractivity contribution is 5.69. The highest BCUT2D eigenvalue weighted by Crippen LogP contribution is 2.31. The monoisotopic (exact) mass is 378 g/mol. The van der Waals surface area contributed by atoms with Gasteiger partial charge in [0.25, 0.3) is 0 Å². The summed E-state index contributed by atoms with van der Waals surface area (Å²) in [6, 6.07) is 12.1. The number of imidazole rings is 1. The Bertz CT molecular complexity index is 1220. The van der Waals surface area contributed by atoms with Crippen LogP contribution in [0, 0.1) is 11.6 Å². The van der Waals surface area contributed by atoms with E-state index < -0.39 is 18.2 Å². The third-order valence-corrected chi connectivity index (χ3v) is 5.09. The quantitative estimate of drug-likeness (QED) is 0.576. The van der Waals surface area contributed by atoms with Gasteiger partial charge in [0.05, 0.1) is 18.9 Å². The number of benzene rings is 2. The molecule has 0 spiro atoms. The number of rotatable bonds is 3. The van der Waals surface area contributed by atoms with Crippen molar-refractivity contribution in [2.75, 3.05) is 6.61 Å². The minimum atomic E-state index is -0.754. The predicted molar refractivity (Wildman–Crippen MR) is 101 cm³/mol. The lowest BCUT2D eigenvalue weighted by Gasteiger charge is -2.08. The van der Waals surface area contributed by atoms with E-state index in [1.807, 2.05) is 22.7 Å². The Hall–Kier alpha value is -3.25. The van der Waals surface area contributed by atoms with Gasteiger partial charge in [0, 0.05) is 41.1 Å². The van der Waals surface area contributed by atoms with Crippen LogP contribution in [-0.2, 0) is 13.0 Å². The summed E-state index contributed by atoms with van der Waals surface area (Å²) < 4.78 is 35.6. The summed E-state index contributed by atoms with van der Waals surface area (Å²) in [6.45, 7) is 0.0113. The van der Waals surface area contributed by atoms with Crippen LogP contribution in [-0.4, -0.2) is 21.1 Å². The SMILES string of the molecule is OCc1c(F)ccc(-c2ccc3nc(-c4ccc5c(c4)CCO5)cn3c2)c1F. The van der Waals surface area contributed by atoms with Crippen molar-refractivity contribution in [3.05, 3.63) is 77.6 Å². The second-order valence-electron chi connectivity index (χ2n) is 6.78. The third kappa shape index (κ3) is 2.65. The molecule has 0 aliphatic carbocycles. The van der Waals surface area contributed by atoms with Crippen molar-refractivity contribution in [3.63, 3.8) is 0 Å². The molecular weight excluding hydrogens is 362 g/mol. The largest absolute Gasteiger partial charge is 0.493 e. The van der Waals surface area contributed by atoms with Gasteiger partial charge in [0.1, 0.15) is 23.0 Å². The number of aromatic nitrogens is 2. The van der Waals surface area contributed by atoms with Gasteiger partial charge in [-0.3, -0.25) is 0 Å². The van der Waals surface area contributed by atoms with Crippen molar-refractivity contribution in [3.8, 4) is 28.1 Å². The lowest BCUT2D eigenvalue weighted by molar-refractivity contribution is 0.269. The van der Waals surface area contributed by atoms with E-state index in [1.165, 1.54) is 17.7 Å². The second kappa shape index (κ2) is 6.42. The van der Waals surface area contributed by atoms with Gasteiger partial charge in [-0.05, 0) is 48.0 Å². The molecule has 1 N–H and O–H groups in total. The van der Waals surface area contributed by atoms with Gasteiger partial charge in [-0.2, -0.15) is 0 Å². The molecule has 1 aliphatic rings. The molecule has 0 atom stereocenters. The van der Waals surface area contributed by atoms with E-state index in [9.17, 15) is 13.9 Å². The van der Waals surface area contributed by atoms with Crippen molar-refractivity contribution >= 4 is 5.65 Å². The van der Waals surface area contributed by atoms with Crippen molar-refractivity contribution < 1.29 is 18.6 Å². The number of nitrogens with zero attached hydrogens (tertiary/aromatic N) is 2. The number of hydrogen-bond donors (Lipinski definition) is 1. The first-order valence-corrected chi connectivity index (χ1v) is 8.97. The molecule has 2 aromatic carbocycles. The topological polar surface area (TPSA) is 46.8 Å². The number of hydrogen-bond acceptors (Lipinski definition) is 3. The van der Waals surface area contributed by atoms with Crippen LogP contribution < -0.4 is 4.74 Å². The molecule has 6 heteroatoms. The van der Waals surface area contributed by atoms with Gasteiger partial charge in [0.2, 0.25) is 0 Å². The summed E-state index contributed by atoms with van der Waals surface area (Å²) in [5, 5.41) is 9.23. The number of aliphatic hydroxyl groups is 1. The molecule has 2 aromatic heterocycles. The van der Waals surface area contributed by atoms with Crippen molar-refractivity contribution in [2.24, 2.45) is 0 Å². The maximum atomic E-state index is 14.6. The standard InChI is InChI=1S/C22H16F2N2O2/c23-18-4-3-16(22(24)17(18)12-27)15-2-6-21-25-19(11-26(21)10-15)13-1-5-20-14(9-13)7-8-28-20/h1-6,9-11,27H,7-8,12H2. The maximum Gasteiger partial charge on any atom is 0.139 e. The van der Waals surface area contributed by atoms with Gasteiger partial charge >= 0.3 is 0 Å². The number of aliphatic hydroxyl groups excluding tert-OH is 1. The molecule has 4 nitrogen and oxygen atoms in total. The van der Waals surface area contributed by atoms with Crippen LogP contribution in [0.2, 0.25) is 0 Å². The van der Waals surface area contributed by atoms with Gasteiger partial charge in [-0.1, -0.05) is 0 Å². The molecule has 1 aliphatic heterocycles. The Labute approximate surface area is 159 Å². The smallest absolute Gasteiger partial charge is 0.139 e. The number of pyridine rings is 1. The Balaban J connectivity index is 1.58.